The second-order valence-corrected chi connectivity index (χ2v) is 15.9. The summed E-state index contributed by atoms with van der Waals surface area (Å²) in [6, 6.07) is 0.319. The van der Waals surface area contributed by atoms with Crippen molar-refractivity contribution < 1.29 is 9.90 Å². The molecule has 0 aromatic rings. The molecule has 2 unspecified atom stereocenters. The molecule has 0 aromatic carbocycles. The Balaban J connectivity index is 1.56. The first-order chi connectivity index (χ1) is 16.2. The quantitative estimate of drug-likeness (QED) is 0.429. The van der Waals surface area contributed by atoms with E-state index >= 15 is 0 Å². The zero-order chi connectivity index (χ0) is 25.8. The Hall–Kier alpha value is -0.570. The molecule has 0 bridgehead atoms. The van der Waals surface area contributed by atoms with E-state index < -0.39 is 11.4 Å². The van der Waals surface area contributed by atoms with Crippen molar-refractivity contribution in [1.29, 1.82) is 0 Å². The molecule has 0 aliphatic heterocycles. The van der Waals surface area contributed by atoms with Crippen LogP contribution in [0.15, 0.2) is 0 Å². The molecule has 5 fully saturated rings. The normalized spacial score (nSPS) is 53.8. The molecule has 5 aliphatic rings. The van der Waals surface area contributed by atoms with Crippen LogP contribution in [0.5, 0.6) is 0 Å². The molecule has 11 atom stereocenters. The van der Waals surface area contributed by atoms with Gasteiger partial charge in [-0.25, -0.2) is 0 Å². The molecule has 200 valence electrons. The van der Waals surface area contributed by atoms with Gasteiger partial charge in [-0.1, -0.05) is 55.4 Å². The molecule has 5 rings (SSSR count). The number of hydrogen-bond donors (Lipinski definition) is 2. The smallest absolute Gasteiger partial charge is 0.309 e. The standard InChI is InChI=1S/C32H55NO2/c1-19(2)20(3)21-11-16-32(27(34)35)18-17-30(7)22(26(21)32)9-10-24-29(6)14-13-25(33)28(4,5)23(29)12-15-31(24,30)8/h19-26H,9-18,33H2,1-8H3,(H,34,35)/t20?,21-,22+,23?,24+,25-,26+,29-,30+,31+,32-/m0/s1. The van der Waals surface area contributed by atoms with Gasteiger partial charge < -0.3 is 10.8 Å². The van der Waals surface area contributed by atoms with Crippen LogP contribution < -0.4 is 5.73 Å². The highest BCUT2D eigenvalue weighted by molar-refractivity contribution is 5.76. The largest absolute Gasteiger partial charge is 0.481 e. The minimum Gasteiger partial charge on any atom is -0.481 e. The maximum absolute atomic E-state index is 13.0. The lowest BCUT2D eigenvalue weighted by molar-refractivity contribution is -0.241. The first kappa shape index (κ1) is 26.1. The van der Waals surface area contributed by atoms with Gasteiger partial charge in [-0.15, -0.1) is 0 Å². The van der Waals surface area contributed by atoms with Gasteiger partial charge in [0.05, 0.1) is 5.41 Å². The van der Waals surface area contributed by atoms with Gasteiger partial charge in [0.1, 0.15) is 0 Å². The van der Waals surface area contributed by atoms with Gasteiger partial charge in [0.25, 0.3) is 0 Å². The lowest BCUT2D eigenvalue weighted by atomic mass is 9.32. The van der Waals surface area contributed by atoms with Gasteiger partial charge in [0, 0.05) is 6.04 Å². The van der Waals surface area contributed by atoms with Crippen molar-refractivity contribution in [3.05, 3.63) is 0 Å². The van der Waals surface area contributed by atoms with Crippen LogP contribution in [0.25, 0.3) is 0 Å². The molecule has 0 heterocycles. The van der Waals surface area contributed by atoms with Crippen LogP contribution in [0.2, 0.25) is 0 Å². The average molecular weight is 486 g/mol. The summed E-state index contributed by atoms with van der Waals surface area (Å²) in [6.45, 7) is 20.0. The van der Waals surface area contributed by atoms with Gasteiger partial charge >= 0.3 is 5.97 Å². The summed E-state index contributed by atoms with van der Waals surface area (Å²) in [5.74, 6) is 3.66. The lowest BCUT2D eigenvalue weighted by Crippen LogP contribution is -2.67. The van der Waals surface area contributed by atoms with E-state index in [0.717, 1.165) is 38.0 Å². The van der Waals surface area contributed by atoms with Crippen molar-refractivity contribution in [3.63, 3.8) is 0 Å². The minimum atomic E-state index is -0.478. The van der Waals surface area contributed by atoms with Crippen LogP contribution in [-0.2, 0) is 4.79 Å². The Kier molecular flexibility index (Phi) is 5.93. The fourth-order valence-corrected chi connectivity index (χ4v) is 12.1. The van der Waals surface area contributed by atoms with Gasteiger partial charge in [0.2, 0.25) is 0 Å². The molecule has 0 saturated heterocycles. The molecule has 35 heavy (non-hydrogen) atoms. The highest BCUT2D eigenvalue weighted by Crippen LogP contribution is 2.77. The fraction of sp³-hybridized carbons (Fsp3) is 0.969. The molecule has 3 nitrogen and oxygen atoms in total. The van der Waals surface area contributed by atoms with Crippen molar-refractivity contribution in [2.24, 2.45) is 74.2 Å². The topological polar surface area (TPSA) is 63.3 Å². The summed E-state index contributed by atoms with van der Waals surface area (Å²) < 4.78 is 0. The van der Waals surface area contributed by atoms with Crippen LogP contribution in [0.1, 0.15) is 120 Å². The summed E-state index contributed by atoms with van der Waals surface area (Å²) in [5.41, 5.74) is 7.38. The molecular formula is C32H55NO2. The molecular weight excluding hydrogens is 430 g/mol. The van der Waals surface area contributed by atoms with Gasteiger partial charge in [-0.3, -0.25) is 4.79 Å². The second-order valence-electron chi connectivity index (χ2n) is 15.9. The summed E-state index contributed by atoms with van der Waals surface area (Å²) in [7, 11) is 0. The van der Waals surface area contributed by atoms with E-state index in [1.807, 2.05) is 0 Å². The first-order valence-corrected chi connectivity index (χ1v) is 15.2. The van der Waals surface area contributed by atoms with Crippen molar-refractivity contribution in [2.45, 2.75) is 126 Å². The number of fused-ring (bicyclic) bond motifs is 7. The van der Waals surface area contributed by atoms with Gasteiger partial charge in [0.15, 0.2) is 0 Å². The van der Waals surface area contributed by atoms with E-state index in [1.165, 1.54) is 32.1 Å². The number of rotatable bonds is 3. The molecule has 0 aromatic heterocycles. The zero-order valence-electron chi connectivity index (χ0n) is 24.1. The van der Waals surface area contributed by atoms with Crippen LogP contribution in [-0.4, -0.2) is 17.1 Å². The zero-order valence-corrected chi connectivity index (χ0v) is 24.1. The van der Waals surface area contributed by atoms with Crippen LogP contribution in [0, 0.1) is 68.5 Å². The second kappa shape index (κ2) is 7.97. The molecule has 0 radical (unpaired) electrons. The van der Waals surface area contributed by atoms with E-state index in [-0.39, 0.29) is 10.8 Å². The Labute approximate surface area is 215 Å². The molecule has 0 amide bonds. The maximum Gasteiger partial charge on any atom is 0.309 e. The van der Waals surface area contributed by atoms with Crippen molar-refractivity contribution in [1.82, 2.24) is 0 Å². The Morgan fingerprint density at radius 1 is 0.800 bits per heavy atom. The fourth-order valence-electron chi connectivity index (χ4n) is 12.1. The first-order valence-electron chi connectivity index (χ1n) is 15.2. The van der Waals surface area contributed by atoms with Crippen LogP contribution in [0.3, 0.4) is 0 Å². The van der Waals surface area contributed by atoms with Gasteiger partial charge in [-0.05, 0) is 127 Å². The summed E-state index contributed by atoms with van der Waals surface area (Å²) in [4.78, 5) is 13.0. The lowest BCUT2D eigenvalue weighted by Gasteiger charge is -2.73. The number of aliphatic carboxylic acids is 1. The monoisotopic (exact) mass is 485 g/mol. The third-order valence-electron chi connectivity index (χ3n) is 14.8. The van der Waals surface area contributed by atoms with E-state index in [2.05, 4.69) is 55.4 Å². The maximum atomic E-state index is 13.0. The van der Waals surface area contributed by atoms with E-state index in [9.17, 15) is 9.90 Å². The molecule has 5 saturated carbocycles. The average Bonchev–Trinajstić information content (AvgIpc) is 3.17. The van der Waals surface area contributed by atoms with Crippen molar-refractivity contribution >= 4 is 5.97 Å². The number of carboxylic acids is 1. The predicted octanol–water partition coefficient (Wildman–Crippen LogP) is 7.77. The molecule has 3 heteroatoms. The predicted molar refractivity (Wildman–Crippen MR) is 144 cm³/mol. The van der Waals surface area contributed by atoms with E-state index in [0.29, 0.717) is 52.4 Å². The Morgan fingerprint density at radius 3 is 2.11 bits per heavy atom. The summed E-state index contributed by atoms with van der Waals surface area (Å²) in [5, 5.41) is 10.7. The number of nitrogens with two attached hydrogens (primary N) is 1. The third-order valence-corrected chi connectivity index (χ3v) is 14.8. The summed E-state index contributed by atoms with van der Waals surface area (Å²) >= 11 is 0. The SMILES string of the molecule is CC(C)C(C)[C@@H]1CC[C@]2(C(=O)O)CC[C@]3(C)[C@H](CC[C@@H]4[C@@]5(C)CC[C@H](N)C(C)(C)C5CC[C@]43C)[C@@H]12. The molecule has 5 aliphatic carbocycles. The van der Waals surface area contributed by atoms with Crippen LogP contribution >= 0.6 is 0 Å². The highest BCUT2D eigenvalue weighted by Gasteiger charge is 2.72. The minimum absolute atomic E-state index is 0.209. The number of carboxylic acid groups (broad SMARTS) is 1. The Morgan fingerprint density at radius 2 is 1.49 bits per heavy atom. The van der Waals surface area contributed by atoms with E-state index in [1.54, 1.807) is 0 Å². The molecule has 3 N–H and O–H groups in total. The van der Waals surface area contributed by atoms with Gasteiger partial charge in [-0.2, -0.15) is 0 Å². The number of carbonyl (C=O) groups is 1. The summed E-state index contributed by atoms with van der Waals surface area (Å²) in [6.07, 6.45) is 11.6. The van der Waals surface area contributed by atoms with Crippen molar-refractivity contribution in [3.8, 4) is 0 Å². The highest BCUT2D eigenvalue weighted by atomic mass is 16.4. The number of hydrogen-bond acceptors (Lipinski definition) is 2. The van der Waals surface area contributed by atoms with Crippen molar-refractivity contribution in [2.75, 3.05) is 0 Å². The Bertz CT molecular complexity index is 866. The van der Waals surface area contributed by atoms with Crippen LogP contribution in [0.4, 0.5) is 0 Å². The van der Waals surface area contributed by atoms with E-state index in [4.69, 9.17) is 5.73 Å². The third kappa shape index (κ3) is 3.15. The molecule has 0 spiro atoms.